The van der Waals surface area contributed by atoms with Crippen LogP contribution in [0.5, 0.6) is 11.5 Å². The number of hydrogen-bond donors (Lipinski definition) is 1. The molecule has 1 aromatic carbocycles. The van der Waals surface area contributed by atoms with Crippen molar-refractivity contribution in [1.82, 2.24) is 0 Å². The molecule has 17 heavy (non-hydrogen) atoms. The molecule has 0 amide bonds. The molecule has 0 fully saturated rings. The highest BCUT2D eigenvalue weighted by atomic mass is 28.4. The molecule has 0 bridgehead atoms. The van der Waals surface area contributed by atoms with E-state index in [9.17, 15) is 0 Å². The standard InChI is InChI=1S/C12H21BO3Si/c1-12(2,3)17(4,5)16-11-8-6-10(7-9-11)15-13-14/h6-9,13-14H,1-5H3. The van der Waals surface area contributed by atoms with E-state index in [0.717, 1.165) is 5.75 Å². The Kier molecular flexibility index (Phi) is 4.27. The highest BCUT2D eigenvalue weighted by Crippen LogP contribution is 2.37. The van der Waals surface area contributed by atoms with Crippen molar-refractivity contribution in [3.8, 4) is 11.5 Å². The van der Waals surface area contributed by atoms with Crippen LogP contribution in [-0.4, -0.2) is 21.0 Å². The Hall–Kier alpha value is -0.938. The van der Waals surface area contributed by atoms with E-state index in [1.54, 1.807) is 12.1 Å². The lowest BCUT2D eigenvalue weighted by molar-refractivity contribution is 0.452. The molecule has 0 aliphatic rings. The Balaban J connectivity index is 2.76. The first-order chi connectivity index (χ1) is 7.76. The van der Waals surface area contributed by atoms with Crippen molar-refractivity contribution >= 4 is 16.0 Å². The van der Waals surface area contributed by atoms with E-state index >= 15 is 0 Å². The summed E-state index contributed by atoms with van der Waals surface area (Å²) < 4.78 is 11.1. The summed E-state index contributed by atoms with van der Waals surface area (Å²) in [7, 11) is -2.07. The Bertz CT molecular complexity index is 357. The molecule has 0 aliphatic carbocycles. The second kappa shape index (κ2) is 5.14. The first kappa shape index (κ1) is 14.1. The number of rotatable bonds is 4. The van der Waals surface area contributed by atoms with Gasteiger partial charge in [-0.2, -0.15) is 0 Å². The van der Waals surface area contributed by atoms with Crippen molar-refractivity contribution in [2.24, 2.45) is 0 Å². The Labute approximate surface area is 105 Å². The predicted octanol–water partition coefficient (Wildman–Crippen LogP) is 2.71. The minimum absolute atomic E-state index is 0.188. The molecule has 94 valence electrons. The van der Waals surface area contributed by atoms with Crippen LogP contribution in [0.1, 0.15) is 20.8 Å². The lowest BCUT2D eigenvalue weighted by Crippen LogP contribution is -2.43. The van der Waals surface area contributed by atoms with E-state index in [4.69, 9.17) is 14.1 Å². The molecule has 1 N–H and O–H groups in total. The molecule has 0 saturated carbocycles. The van der Waals surface area contributed by atoms with Gasteiger partial charge in [-0.15, -0.1) is 0 Å². The molecule has 0 spiro atoms. The van der Waals surface area contributed by atoms with E-state index in [2.05, 4.69) is 33.9 Å². The second-order valence-corrected chi connectivity index (χ2v) is 10.3. The van der Waals surface area contributed by atoms with Crippen molar-refractivity contribution in [1.29, 1.82) is 0 Å². The Morgan fingerprint density at radius 1 is 1.06 bits per heavy atom. The van der Waals surface area contributed by atoms with Crippen molar-refractivity contribution in [2.75, 3.05) is 0 Å². The van der Waals surface area contributed by atoms with Crippen molar-refractivity contribution < 1.29 is 14.1 Å². The van der Waals surface area contributed by atoms with E-state index in [1.807, 2.05) is 12.1 Å². The summed E-state index contributed by atoms with van der Waals surface area (Å²) in [6, 6.07) is 7.37. The van der Waals surface area contributed by atoms with Gasteiger partial charge < -0.3 is 14.1 Å². The fourth-order valence-electron chi connectivity index (χ4n) is 1.13. The van der Waals surface area contributed by atoms with Gasteiger partial charge in [0.15, 0.2) is 0 Å². The van der Waals surface area contributed by atoms with Crippen LogP contribution in [0.15, 0.2) is 24.3 Å². The summed E-state index contributed by atoms with van der Waals surface area (Å²) >= 11 is 0. The van der Waals surface area contributed by atoms with E-state index in [0.29, 0.717) is 5.75 Å². The highest BCUT2D eigenvalue weighted by molar-refractivity contribution is 6.74. The van der Waals surface area contributed by atoms with Gasteiger partial charge in [0, 0.05) is 0 Å². The SMILES string of the molecule is CC(C)(C)[Si](C)(C)Oc1ccc(OBO)cc1. The van der Waals surface area contributed by atoms with Gasteiger partial charge in [0.1, 0.15) is 11.5 Å². The minimum Gasteiger partial charge on any atom is -0.543 e. The van der Waals surface area contributed by atoms with Gasteiger partial charge in [-0.1, -0.05) is 20.8 Å². The molecule has 0 aliphatic heterocycles. The van der Waals surface area contributed by atoms with Crippen LogP contribution < -0.4 is 9.08 Å². The lowest BCUT2D eigenvalue weighted by Gasteiger charge is -2.36. The topological polar surface area (TPSA) is 38.7 Å². The van der Waals surface area contributed by atoms with Gasteiger partial charge in [0.25, 0.3) is 0 Å². The predicted molar refractivity (Wildman–Crippen MR) is 74.3 cm³/mol. The maximum atomic E-state index is 8.64. The summed E-state index contributed by atoms with van der Waals surface area (Å²) in [5.74, 6) is 1.51. The Morgan fingerprint density at radius 3 is 1.94 bits per heavy atom. The molecule has 3 nitrogen and oxygen atoms in total. The quantitative estimate of drug-likeness (QED) is 0.837. The van der Waals surface area contributed by atoms with Gasteiger partial charge in [-0.3, -0.25) is 0 Å². The van der Waals surface area contributed by atoms with E-state index in [1.165, 1.54) is 0 Å². The van der Waals surface area contributed by atoms with E-state index < -0.39 is 8.32 Å². The molecule has 1 aromatic rings. The third kappa shape index (κ3) is 3.78. The van der Waals surface area contributed by atoms with Gasteiger partial charge in [-0.05, 0) is 42.4 Å². The van der Waals surface area contributed by atoms with Crippen molar-refractivity contribution in [3.63, 3.8) is 0 Å². The maximum Gasteiger partial charge on any atom is 0.504 e. The fourth-order valence-corrected chi connectivity index (χ4v) is 2.16. The zero-order valence-electron chi connectivity index (χ0n) is 11.3. The van der Waals surface area contributed by atoms with Crippen molar-refractivity contribution in [3.05, 3.63) is 24.3 Å². The Morgan fingerprint density at radius 2 is 1.53 bits per heavy atom. The molecule has 0 saturated heterocycles. The number of hydrogen-bond acceptors (Lipinski definition) is 3. The fraction of sp³-hybridized carbons (Fsp3) is 0.500. The largest absolute Gasteiger partial charge is 0.543 e. The van der Waals surface area contributed by atoms with Crippen LogP contribution in [0.25, 0.3) is 0 Å². The number of benzene rings is 1. The summed E-state index contributed by atoms with van der Waals surface area (Å²) in [5, 5.41) is 8.82. The smallest absolute Gasteiger partial charge is 0.504 e. The highest BCUT2D eigenvalue weighted by Gasteiger charge is 2.38. The molecule has 1 rings (SSSR count). The first-order valence-corrected chi connectivity index (χ1v) is 8.70. The van der Waals surface area contributed by atoms with Crippen LogP contribution in [0.4, 0.5) is 0 Å². The summed E-state index contributed by atoms with van der Waals surface area (Å²) in [4.78, 5) is 0. The normalized spacial score (nSPS) is 12.1. The summed E-state index contributed by atoms with van der Waals surface area (Å²) in [6.07, 6.45) is 0. The third-order valence-electron chi connectivity index (χ3n) is 3.23. The molecular formula is C12H21BO3Si. The molecule has 0 heterocycles. The lowest BCUT2D eigenvalue weighted by atomic mass is 10.2. The summed E-state index contributed by atoms with van der Waals surface area (Å²) in [6.45, 7) is 11.1. The minimum atomic E-state index is -1.77. The van der Waals surface area contributed by atoms with Crippen LogP contribution in [0, 0.1) is 0 Å². The molecular weight excluding hydrogens is 231 g/mol. The zero-order chi connectivity index (χ0) is 13.1. The molecule has 0 radical (unpaired) electrons. The second-order valence-electron chi connectivity index (χ2n) is 5.61. The molecule has 5 heteroatoms. The molecule has 0 unspecified atom stereocenters. The van der Waals surface area contributed by atoms with Crippen LogP contribution in [0.3, 0.4) is 0 Å². The third-order valence-corrected chi connectivity index (χ3v) is 7.59. The molecule has 0 atom stereocenters. The average molecular weight is 252 g/mol. The van der Waals surface area contributed by atoms with Crippen LogP contribution in [-0.2, 0) is 0 Å². The average Bonchev–Trinajstić information content (AvgIpc) is 2.19. The maximum absolute atomic E-state index is 8.64. The zero-order valence-corrected chi connectivity index (χ0v) is 12.3. The van der Waals surface area contributed by atoms with Gasteiger partial charge in [-0.25, -0.2) is 0 Å². The molecule has 0 aromatic heterocycles. The van der Waals surface area contributed by atoms with Gasteiger partial charge >= 0.3 is 7.69 Å². The monoisotopic (exact) mass is 252 g/mol. The van der Waals surface area contributed by atoms with E-state index in [-0.39, 0.29) is 12.7 Å². The van der Waals surface area contributed by atoms with Gasteiger partial charge in [0.2, 0.25) is 8.32 Å². The first-order valence-electron chi connectivity index (χ1n) is 5.79. The van der Waals surface area contributed by atoms with Crippen molar-refractivity contribution in [2.45, 2.75) is 38.9 Å². The summed E-state index contributed by atoms with van der Waals surface area (Å²) in [5.41, 5.74) is 0. The van der Waals surface area contributed by atoms with Crippen LogP contribution in [0.2, 0.25) is 18.1 Å². The van der Waals surface area contributed by atoms with Crippen LogP contribution >= 0.6 is 0 Å². The van der Waals surface area contributed by atoms with Gasteiger partial charge in [0.05, 0.1) is 0 Å².